The third-order valence-corrected chi connectivity index (χ3v) is 12.8. The lowest BCUT2D eigenvalue weighted by Gasteiger charge is -2.39. The Morgan fingerprint density at radius 2 is 1.68 bits per heavy atom. The smallest absolute Gasteiger partial charge is 0.255 e. The van der Waals surface area contributed by atoms with E-state index in [1.54, 1.807) is 30.7 Å². The molecule has 0 bridgehead atoms. The quantitative estimate of drug-likeness (QED) is 0.233. The number of benzene rings is 2. The molecule has 6 heterocycles. The number of nitriles is 1. The van der Waals surface area contributed by atoms with Crippen LogP contribution < -0.4 is 25.2 Å². The Hall–Kier alpha value is -6.21. The Balaban J connectivity index is 0.702. The van der Waals surface area contributed by atoms with Gasteiger partial charge in [0.15, 0.2) is 0 Å². The molecule has 2 N–H and O–H groups in total. The lowest BCUT2D eigenvalue weighted by Crippen LogP contribution is -2.52. The monoisotopic (exact) mass is 814 g/mol. The highest BCUT2D eigenvalue weighted by molar-refractivity contribution is 6.05. The zero-order valence-corrected chi connectivity index (χ0v) is 33.3. The number of nitrogens with zero attached hydrogens (tertiary/aromatic N) is 8. The van der Waals surface area contributed by atoms with Gasteiger partial charge in [-0.05, 0) is 92.8 Å². The highest BCUT2D eigenvalue weighted by atomic mass is 19.1. The third kappa shape index (κ3) is 8.05. The number of ether oxygens (including phenoxy) is 1. The normalized spacial score (nSPS) is 22.7. The van der Waals surface area contributed by atoms with Gasteiger partial charge in [0.25, 0.3) is 11.8 Å². The standard InChI is InChI=1S/C44H47FN10O5/c45-35-21-34-29(26-55(43(34)59)36-8-10-39(56)51-42(36)58)20-37(35)53-18-16-52(17-19-53)25-27-11-14-54(15-12-27)44-48-23-30(24-49-44)41(57)50-31-4-6-32(7-5-31)60-38-9-3-28(22-46)40-33(38)2-1-13-47-40/h1-3,9,13,20-21,23-24,27,31-32,36H,4-8,10-12,14-19,25-26H2,(H,50,57)(H,51,56,58)/t31?,32?,36-/m0/s1. The first-order valence-corrected chi connectivity index (χ1v) is 21.0. The minimum atomic E-state index is -0.732. The SMILES string of the molecule is N#Cc1ccc(OC2CCC(NC(=O)c3cnc(N4CCC(CN5CCN(c6cc7c(cc6F)C(=O)N([C@H]6CCC(=O)NC6=O)C7)CC5)CC4)nc3)CC2)c2cccnc12. The molecule has 2 aromatic heterocycles. The fourth-order valence-corrected chi connectivity index (χ4v) is 9.39. The van der Waals surface area contributed by atoms with Gasteiger partial charge in [0.1, 0.15) is 23.7 Å². The summed E-state index contributed by atoms with van der Waals surface area (Å²) in [5, 5.41) is 15.7. The number of carbonyl (C=O) groups is 4. The maximum Gasteiger partial charge on any atom is 0.255 e. The van der Waals surface area contributed by atoms with E-state index in [0.717, 1.165) is 82.4 Å². The number of rotatable bonds is 9. The summed E-state index contributed by atoms with van der Waals surface area (Å²) in [6.07, 6.45) is 10.5. The molecule has 16 heteroatoms. The number of imide groups is 1. The van der Waals surface area contributed by atoms with Crippen molar-refractivity contribution in [3.8, 4) is 11.8 Å². The summed E-state index contributed by atoms with van der Waals surface area (Å²) in [5.74, 6) is 0.0379. The van der Waals surface area contributed by atoms with Crippen LogP contribution in [0, 0.1) is 23.1 Å². The number of hydrogen-bond acceptors (Lipinski definition) is 12. The van der Waals surface area contributed by atoms with E-state index in [2.05, 4.69) is 41.5 Å². The van der Waals surface area contributed by atoms with E-state index >= 15 is 4.39 Å². The predicted octanol–water partition coefficient (Wildman–Crippen LogP) is 3.96. The van der Waals surface area contributed by atoms with Crippen LogP contribution in [-0.4, -0.2) is 112 Å². The highest BCUT2D eigenvalue weighted by Gasteiger charge is 2.40. The molecule has 4 aliphatic heterocycles. The van der Waals surface area contributed by atoms with Crippen molar-refractivity contribution in [3.63, 3.8) is 0 Å². The van der Waals surface area contributed by atoms with E-state index < -0.39 is 17.8 Å². The topological polar surface area (TPSA) is 177 Å². The molecule has 310 valence electrons. The van der Waals surface area contributed by atoms with Crippen molar-refractivity contribution in [3.05, 3.63) is 83.1 Å². The van der Waals surface area contributed by atoms with E-state index in [1.165, 1.54) is 11.0 Å². The fourth-order valence-electron chi connectivity index (χ4n) is 9.39. The van der Waals surface area contributed by atoms with E-state index in [9.17, 15) is 24.4 Å². The van der Waals surface area contributed by atoms with Gasteiger partial charge < -0.3 is 24.8 Å². The van der Waals surface area contributed by atoms with Gasteiger partial charge in [0.05, 0.1) is 28.4 Å². The van der Waals surface area contributed by atoms with Gasteiger partial charge in [-0.25, -0.2) is 14.4 Å². The molecule has 60 heavy (non-hydrogen) atoms. The molecule has 15 nitrogen and oxygen atoms in total. The zero-order chi connectivity index (χ0) is 41.3. The van der Waals surface area contributed by atoms with E-state index in [1.807, 2.05) is 23.1 Å². The molecule has 0 radical (unpaired) electrons. The number of anilines is 2. The van der Waals surface area contributed by atoms with Gasteiger partial charge in [-0.3, -0.25) is 34.4 Å². The van der Waals surface area contributed by atoms with Gasteiger partial charge in [-0.1, -0.05) is 0 Å². The summed E-state index contributed by atoms with van der Waals surface area (Å²) in [7, 11) is 0. The minimum Gasteiger partial charge on any atom is -0.490 e. The molecule has 3 saturated heterocycles. The average molecular weight is 815 g/mol. The van der Waals surface area contributed by atoms with Crippen LogP contribution in [0.15, 0.2) is 55.0 Å². The Bertz CT molecular complexity index is 2350. The molecule has 4 fully saturated rings. The number of hydrogen-bond donors (Lipinski definition) is 2. The summed E-state index contributed by atoms with van der Waals surface area (Å²) in [5.41, 5.74) is 3.05. The first-order chi connectivity index (χ1) is 29.2. The number of amides is 4. The maximum atomic E-state index is 15.4. The van der Waals surface area contributed by atoms with Gasteiger partial charge in [0, 0.05) is 94.4 Å². The Morgan fingerprint density at radius 1 is 0.917 bits per heavy atom. The second-order valence-corrected chi connectivity index (χ2v) is 16.5. The van der Waals surface area contributed by atoms with Crippen LogP contribution in [0.4, 0.5) is 16.0 Å². The maximum absolute atomic E-state index is 15.4. The summed E-state index contributed by atoms with van der Waals surface area (Å²) >= 11 is 0. The van der Waals surface area contributed by atoms with Crippen molar-refractivity contribution in [2.45, 2.75) is 76.1 Å². The molecule has 9 rings (SSSR count). The van der Waals surface area contributed by atoms with Crippen LogP contribution in [-0.2, 0) is 16.1 Å². The molecule has 4 aromatic rings. The Kier molecular flexibility index (Phi) is 11.0. The van der Waals surface area contributed by atoms with Crippen molar-refractivity contribution in [2.24, 2.45) is 5.92 Å². The average Bonchev–Trinajstić information content (AvgIpc) is 3.58. The molecular formula is C44H47FN10O5. The second kappa shape index (κ2) is 16.8. The summed E-state index contributed by atoms with van der Waals surface area (Å²) in [6.45, 7) is 5.76. The number of aromatic nitrogens is 3. The Labute approximate surface area is 346 Å². The van der Waals surface area contributed by atoms with Crippen LogP contribution in [0.2, 0.25) is 0 Å². The Morgan fingerprint density at radius 3 is 2.42 bits per heavy atom. The zero-order valence-electron chi connectivity index (χ0n) is 33.3. The van der Waals surface area contributed by atoms with Crippen LogP contribution in [0.1, 0.15) is 83.2 Å². The summed E-state index contributed by atoms with van der Waals surface area (Å²) in [6, 6.07) is 11.9. The van der Waals surface area contributed by atoms with Crippen LogP contribution >= 0.6 is 0 Å². The second-order valence-electron chi connectivity index (χ2n) is 16.5. The highest BCUT2D eigenvalue weighted by Crippen LogP contribution is 2.34. The number of piperazine rings is 1. The predicted molar refractivity (Wildman–Crippen MR) is 219 cm³/mol. The van der Waals surface area contributed by atoms with Gasteiger partial charge in [-0.15, -0.1) is 0 Å². The molecular weight excluding hydrogens is 768 g/mol. The number of carbonyl (C=O) groups excluding carboxylic acids is 4. The van der Waals surface area contributed by atoms with Gasteiger partial charge in [-0.2, -0.15) is 5.26 Å². The minimum absolute atomic E-state index is 0.0116. The molecule has 1 aliphatic carbocycles. The molecule has 1 atom stereocenters. The van der Waals surface area contributed by atoms with E-state index in [0.29, 0.717) is 52.9 Å². The first-order valence-electron chi connectivity index (χ1n) is 21.0. The molecule has 2 aromatic carbocycles. The molecule has 4 amide bonds. The van der Waals surface area contributed by atoms with Crippen molar-refractivity contribution < 1.29 is 28.3 Å². The van der Waals surface area contributed by atoms with Crippen molar-refractivity contribution in [1.82, 2.24) is 35.4 Å². The number of pyridine rings is 1. The summed E-state index contributed by atoms with van der Waals surface area (Å²) < 4.78 is 21.8. The molecule has 0 spiro atoms. The fraction of sp³-hybridized carbons (Fsp3) is 0.455. The van der Waals surface area contributed by atoms with Crippen molar-refractivity contribution in [2.75, 3.05) is 55.6 Å². The first kappa shape index (κ1) is 39.3. The summed E-state index contributed by atoms with van der Waals surface area (Å²) in [4.78, 5) is 71.9. The van der Waals surface area contributed by atoms with E-state index in [-0.39, 0.29) is 54.8 Å². The third-order valence-electron chi connectivity index (χ3n) is 12.8. The van der Waals surface area contributed by atoms with Crippen LogP contribution in [0.25, 0.3) is 10.9 Å². The van der Waals surface area contributed by atoms with E-state index in [4.69, 9.17) is 4.74 Å². The van der Waals surface area contributed by atoms with Crippen molar-refractivity contribution in [1.29, 1.82) is 5.26 Å². The molecule has 5 aliphatic rings. The van der Waals surface area contributed by atoms with Crippen LogP contribution in [0.3, 0.4) is 0 Å². The van der Waals surface area contributed by atoms with Gasteiger partial charge in [0.2, 0.25) is 17.8 Å². The number of nitrogens with one attached hydrogen (secondary N) is 2. The largest absolute Gasteiger partial charge is 0.490 e. The van der Waals surface area contributed by atoms with Crippen LogP contribution in [0.5, 0.6) is 5.75 Å². The lowest BCUT2D eigenvalue weighted by atomic mass is 9.92. The number of piperidine rings is 2. The molecule has 0 unspecified atom stereocenters. The number of fused-ring (bicyclic) bond motifs is 2. The lowest BCUT2D eigenvalue weighted by molar-refractivity contribution is -0.136. The van der Waals surface area contributed by atoms with Gasteiger partial charge >= 0.3 is 0 Å². The number of halogens is 1. The van der Waals surface area contributed by atoms with Crippen molar-refractivity contribution >= 4 is 46.2 Å². The molecule has 1 saturated carbocycles.